The maximum atomic E-state index is 12.5. The van der Waals surface area contributed by atoms with Gasteiger partial charge >= 0.3 is 0 Å². The molecule has 5 nitrogen and oxygen atoms in total. The van der Waals surface area contributed by atoms with Crippen LogP contribution in [0.15, 0.2) is 71.6 Å². The molecule has 0 aliphatic carbocycles. The van der Waals surface area contributed by atoms with Crippen molar-refractivity contribution in [3.05, 3.63) is 77.9 Å². The van der Waals surface area contributed by atoms with E-state index < -0.39 is 0 Å². The zero-order chi connectivity index (χ0) is 19.5. The average Bonchev–Trinajstić information content (AvgIpc) is 2.70. The number of ether oxygens (including phenoxy) is 1. The van der Waals surface area contributed by atoms with Crippen LogP contribution in [-0.2, 0) is 4.79 Å². The summed E-state index contributed by atoms with van der Waals surface area (Å²) in [5, 5.41) is 5.66. The molecule has 0 saturated carbocycles. The molecule has 6 heteroatoms. The fraction of sp³-hybridized carbons (Fsp3) is 0.0909. The molecule has 0 fully saturated rings. The summed E-state index contributed by atoms with van der Waals surface area (Å²) < 4.78 is 5.80. The molecule has 0 radical (unpaired) electrons. The Morgan fingerprint density at radius 1 is 1.00 bits per heavy atom. The summed E-state index contributed by atoms with van der Waals surface area (Å²) in [4.78, 5) is 25.0. The minimum atomic E-state index is -0.236. The summed E-state index contributed by atoms with van der Waals surface area (Å²) in [7, 11) is 0. The maximum absolute atomic E-state index is 12.5. The normalized spacial score (nSPS) is 12.7. The van der Waals surface area contributed by atoms with Crippen LogP contribution in [0.25, 0.3) is 0 Å². The molecular formula is C22H18N2O3S. The van der Waals surface area contributed by atoms with Crippen molar-refractivity contribution in [3.8, 4) is 11.5 Å². The highest BCUT2D eigenvalue weighted by molar-refractivity contribution is 8.00. The van der Waals surface area contributed by atoms with E-state index in [2.05, 4.69) is 10.6 Å². The van der Waals surface area contributed by atoms with Crippen LogP contribution in [0.1, 0.15) is 15.9 Å². The zero-order valence-electron chi connectivity index (χ0n) is 15.2. The van der Waals surface area contributed by atoms with E-state index in [1.54, 1.807) is 36.4 Å². The highest BCUT2D eigenvalue weighted by Crippen LogP contribution is 2.32. The molecule has 0 aromatic heterocycles. The zero-order valence-corrected chi connectivity index (χ0v) is 16.0. The van der Waals surface area contributed by atoms with Crippen LogP contribution in [0.3, 0.4) is 0 Å². The van der Waals surface area contributed by atoms with Crippen LogP contribution in [0.4, 0.5) is 11.4 Å². The molecule has 0 unspecified atom stereocenters. The molecule has 3 aromatic carbocycles. The summed E-state index contributed by atoms with van der Waals surface area (Å²) in [5.41, 5.74) is 3.00. The van der Waals surface area contributed by atoms with Gasteiger partial charge in [-0.15, -0.1) is 11.8 Å². The lowest BCUT2D eigenvalue weighted by atomic mass is 10.1. The summed E-state index contributed by atoms with van der Waals surface area (Å²) in [6.07, 6.45) is 0. The third-order valence-corrected chi connectivity index (χ3v) is 5.32. The Bertz CT molecular complexity index is 1030. The second kappa shape index (κ2) is 7.78. The fourth-order valence-electron chi connectivity index (χ4n) is 2.78. The molecular weight excluding hydrogens is 372 g/mol. The van der Waals surface area contributed by atoms with Gasteiger partial charge < -0.3 is 15.4 Å². The number of rotatable bonds is 4. The minimum Gasteiger partial charge on any atom is -0.457 e. The van der Waals surface area contributed by atoms with E-state index in [4.69, 9.17) is 4.74 Å². The van der Waals surface area contributed by atoms with Gasteiger partial charge in [0.05, 0.1) is 11.4 Å². The summed E-state index contributed by atoms with van der Waals surface area (Å²) in [6.45, 7) is 2.02. The van der Waals surface area contributed by atoms with Gasteiger partial charge in [0.1, 0.15) is 11.5 Å². The van der Waals surface area contributed by atoms with E-state index in [0.29, 0.717) is 28.4 Å². The average molecular weight is 390 g/mol. The molecule has 0 saturated heterocycles. The van der Waals surface area contributed by atoms with Crippen LogP contribution in [0.2, 0.25) is 0 Å². The number of aryl methyl sites for hydroxylation is 1. The number of hydrogen-bond donors (Lipinski definition) is 2. The van der Waals surface area contributed by atoms with Crippen molar-refractivity contribution >= 4 is 35.0 Å². The van der Waals surface area contributed by atoms with Crippen molar-refractivity contribution < 1.29 is 14.3 Å². The molecule has 2 N–H and O–H groups in total. The highest BCUT2D eigenvalue weighted by atomic mass is 32.2. The lowest BCUT2D eigenvalue weighted by Crippen LogP contribution is -2.19. The predicted octanol–water partition coefficient (Wildman–Crippen LogP) is 5.08. The molecule has 0 bridgehead atoms. The Balaban J connectivity index is 1.42. The molecule has 4 rings (SSSR count). The first kappa shape index (κ1) is 18.1. The topological polar surface area (TPSA) is 67.4 Å². The Kier molecular flexibility index (Phi) is 5.04. The number of nitrogens with one attached hydrogen (secondary N) is 2. The van der Waals surface area contributed by atoms with Crippen LogP contribution in [0.5, 0.6) is 11.5 Å². The van der Waals surface area contributed by atoms with Crippen molar-refractivity contribution in [2.24, 2.45) is 0 Å². The second-order valence-corrected chi connectivity index (χ2v) is 7.46. The van der Waals surface area contributed by atoms with E-state index in [9.17, 15) is 9.59 Å². The van der Waals surface area contributed by atoms with Gasteiger partial charge in [0.2, 0.25) is 5.91 Å². The van der Waals surface area contributed by atoms with Gasteiger partial charge in [-0.25, -0.2) is 0 Å². The van der Waals surface area contributed by atoms with Crippen LogP contribution >= 0.6 is 11.8 Å². The lowest BCUT2D eigenvalue weighted by Gasteiger charge is -2.17. The smallest absolute Gasteiger partial charge is 0.255 e. The molecule has 0 atom stereocenters. The van der Waals surface area contributed by atoms with E-state index >= 15 is 0 Å². The van der Waals surface area contributed by atoms with Crippen LogP contribution < -0.4 is 15.4 Å². The lowest BCUT2D eigenvalue weighted by molar-refractivity contribution is -0.113. The molecule has 3 aromatic rings. The Morgan fingerprint density at radius 2 is 1.68 bits per heavy atom. The number of thioether (sulfide) groups is 1. The van der Waals surface area contributed by atoms with Crippen molar-refractivity contribution in [1.29, 1.82) is 0 Å². The monoisotopic (exact) mass is 390 g/mol. The van der Waals surface area contributed by atoms with Gasteiger partial charge in [0.15, 0.2) is 0 Å². The Hall–Kier alpha value is -3.25. The van der Waals surface area contributed by atoms with Crippen molar-refractivity contribution in [1.82, 2.24) is 0 Å². The van der Waals surface area contributed by atoms with Gasteiger partial charge in [-0.3, -0.25) is 9.59 Å². The second-order valence-electron chi connectivity index (χ2n) is 6.44. The Morgan fingerprint density at radius 3 is 2.39 bits per heavy atom. The number of carbonyl (C=O) groups is 2. The SMILES string of the molecule is Cc1ccc(Oc2ccc(NC(=O)c3ccc4c(c3)NC(=O)CS4)cc2)cc1. The quantitative estimate of drug-likeness (QED) is 0.652. The van der Waals surface area contributed by atoms with Crippen molar-refractivity contribution in [3.63, 3.8) is 0 Å². The molecule has 140 valence electrons. The first-order chi connectivity index (χ1) is 13.6. The molecule has 1 aliphatic heterocycles. The molecule has 2 amide bonds. The molecule has 1 aliphatic rings. The number of benzene rings is 3. The Labute approximate surface area is 167 Å². The van der Waals surface area contributed by atoms with Crippen molar-refractivity contribution in [2.45, 2.75) is 11.8 Å². The highest BCUT2D eigenvalue weighted by Gasteiger charge is 2.17. The third-order valence-electron chi connectivity index (χ3n) is 4.24. The summed E-state index contributed by atoms with van der Waals surface area (Å²) >= 11 is 1.47. The van der Waals surface area contributed by atoms with E-state index in [-0.39, 0.29) is 11.8 Å². The first-order valence-corrected chi connectivity index (χ1v) is 9.78. The van der Waals surface area contributed by atoms with E-state index in [0.717, 1.165) is 10.6 Å². The number of anilines is 2. The summed E-state index contributed by atoms with van der Waals surface area (Å²) in [6, 6.07) is 20.3. The minimum absolute atomic E-state index is 0.0563. The van der Waals surface area contributed by atoms with Gasteiger partial charge in [-0.2, -0.15) is 0 Å². The third kappa shape index (κ3) is 4.18. The predicted molar refractivity (Wildman–Crippen MR) is 111 cm³/mol. The largest absolute Gasteiger partial charge is 0.457 e. The van der Waals surface area contributed by atoms with E-state index in [1.165, 1.54) is 17.3 Å². The molecule has 0 spiro atoms. The standard InChI is InChI=1S/C22H18N2O3S/c1-14-2-7-17(8-3-14)27-18-9-5-16(6-10-18)23-22(26)15-4-11-20-19(12-15)24-21(25)13-28-20/h2-12H,13H2,1H3,(H,23,26)(H,24,25). The van der Waals surface area contributed by atoms with Crippen LogP contribution in [0, 0.1) is 6.92 Å². The van der Waals surface area contributed by atoms with Gasteiger partial charge in [-0.1, -0.05) is 17.7 Å². The summed E-state index contributed by atoms with van der Waals surface area (Å²) in [5.74, 6) is 1.56. The molecule has 28 heavy (non-hydrogen) atoms. The molecule has 1 heterocycles. The van der Waals surface area contributed by atoms with Gasteiger partial charge in [0, 0.05) is 16.1 Å². The van der Waals surface area contributed by atoms with Crippen molar-refractivity contribution in [2.75, 3.05) is 16.4 Å². The fourth-order valence-corrected chi connectivity index (χ4v) is 3.56. The number of fused-ring (bicyclic) bond motifs is 1. The van der Waals surface area contributed by atoms with Gasteiger partial charge in [0.25, 0.3) is 5.91 Å². The number of amides is 2. The maximum Gasteiger partial charge on any atom is 0.255 e. The first-order valence-electron chi connectivity index (χ1n) is 8.79. The van der Waals surface area contributed by atoms with E-state index in [1.807, 2.05) is 37.3 Å². The van der Waals surface area contributed by atoms with Crippen LogP contribution in [-0.4, -0.2) is 17.6 Å². The number of hydrogen-bond acceptors (Lipinski definition) is 4. The number of carbonyl (C=O) groups excluding carboxylic acids is 2. The van der Waals surface area contributed by atoms with Gasteiger partial charge in [-0.05, 0) is 61.5 Å².